The Bertz CT molecular complexity index is 854. The highest BCUT2D eigenvalue weighted by Crippen LogP contribution is 2.40. The summed E-state index contributed by atoms with van der Waals surface area (Å²) in [4.78, 5) is 25.3. The molecule has 6 nitrogen and oxygen atoms in total. The van der Waals surface area contributed by atoms with Crippen LogP contribution in [0.3, 0.4) is 0 Å². The first-order valence-electron chi connectivity index (χ1n) is 8.49. The second kappa shape index (κ2) is 8.35. The molecule has 0 saturated heterocycles. The normalized spacial score (nSPS) is 16.3. The highest BCUT2D eigenvalue weighted by atomic mass is 32.2. The van der Waals surface area contributed by atoms with Crippen LogP contribution in [0.25, 0.3) is 0 Å². The van der Waals surface area contributed by atoms with E-state index in [-0.39, 0.29) is 18.2 Å². The van der Waals surface area contributed by atoms with Gasteiger partial charge in [-0.1, -0.05) is 24.3 Å². The summed E-state index contributed by atoms with van der Waals surface area (Å²) in [6, 6.07) is 12.3. The number of nitrogens with one attached hydrogen (secondary N) is 1. The van der Waals surface area contributed by atoms with Crippen LogP contribution in [-0.4, -0.2) is 37.0 Å². The molecule has 7 heteroatoms. The first kappa shape index (κ1) is 19.1. The van der Waals surface area contributed by atoms with E-state index < -0.39 is 12.0 Å². The minimum absolute atomic E-state index is 0.173. The monoisotopic (exact) mass is 387 g/mol. The number of hydrogen-bond donors (Lipinski definition) is 2. The van der Waals surface area contributed by atoms with E-state index in [0.717, 1.165) is 10.5 Å². The SMILES string of the molecule is COc1ccc(C(CC(=O)O)NC(=O)C2CSc3ccccc32)cc1OC. The lowest BCUT2D eigenvalue weighted by atomic mass is 9.98. The molecule has 1 aliphatic heterocycles. The van der Waals surface area contributed by atoms with Crippen molar-refractivity contribution in [2.24, 2.45) is 0 Å². The van der Waals surface area contributed by atoms with E-state index >= 15 is 0 Å². The summed E-state index contributed by atoms with van der Waals surface area (Å²) in [6.45, 7) is 0. The number of carbonyl (C=O) groups excluding carboxylic acids is 1. The number of methoxy groups -OCH3 is 2. The Hall–Kier alpha value is -2.67. The number of carbonyl (C=O) groups is 2. The standard InChI is InChI=1S/C20H21NO5S/c1-25-16-8-7-12(9-17(16)26-2)15(10-19(22)23)21-20(24)14-11-27-18-6-4-3-5-13(14)18/h3-9,14-15H,10-11H2,1-2H3,(H,21,24)(H,22,23). The summed E-state index contributed by atoms with van der Waals surface area (Å²) in [6.07, 6.45) is -0.220. The summed E-state index contributed by atoms with van der Waals surface area (Å²) < 4.78 is 10.5. The van der Waals surface area contributed by atoms with Crippen LogP contribution in [0, 0.1) is 0 Å². The Kier molecular flexibility index (Phi) is 5.91. The van der Waals surface area contributed by atoms with Crippen molar-refractivity contribution in [2.75, 3.05) is 20.0 Å². The molecule has 0 saturated carbocycles. The summed E-state index contributed by atoms with van der Waals surface area (Å²) >= 11 is 1.64. The molecule has 0 bridgehead atoms. The number of carboxylic acids is 1. The smallest absolute Gasteiger partial charge is 0.305 e. The minimum Gasteiger partial charge on any atom is -0.493 e. The van der Waals surface area contributed by atoms with Crippen molar-refractivity contribution < 1.29 is 24.2 Å². The third-order valence-electron chi connectivity index (χ3n) is 4.52. The Labute approximate surface area is 161 Å². The highest BCUT2D eigenvalue weighted by molar-refractivity contribution is 7.99. The lowest BCUT2D eigenvalue weighted by Crippen LogP contribution is -2.34. The first-order chi connectivity index (χ1) is 13.0. The molecule has 27 heavy (non-hydrogen) atoms. The molecule has 1 aliphatic rings. The van der Waals surface area contributed by atoms with Crippen molar-refractivity contribution in [2.45, 2.75) is 23.3 Å². The summed E-state index contributed by atoms with van der Waals surface area (Å²) in [5.74, 6) is 0.230. The van der Waals surface area contributed by atoms with Crippen LogP contribution in [0.5, 0.6) is 11.5 Å². The van der Waals surface area contributed by atoms with Crippen molar-refractivity contribution in [3.8, 4) is 11.5 Å². The third-order valence-corrected chi connectivity index (χ3v) is 5.70. The van der Waals surface area contributed by atoms with Gasteiger partial charge in [0.05, 0.1) is 32.6 Å². The van der Waals surface area contributed by atoms with Crippen LogP contribution in [-0.2, 0) is 9.59 Å². The fourth-order valence-electron chi connectivity index (χ4n) is 3.15. The number of hydrogen-bond acceptors (Lipinski definition) is 5. The van der Waals surface area contributed by atoms with Gasteiger partial charge in [0.2, 0.25) is 5.91 Å². The van der Waals surface area contributed by atoms with Gasteiger partial charge in [-0.2, -0.15) is 0 Å². The zero-order chi connectivity index (χ0) is 19.4. The summed E-state index contributed by atoms with van der Waals surface area (Å²) in [7, 11) is 3.04. The first-order valence-corrected chi connectivity index (χ1v) is 9.48. The average molecular weight is 387 g/mol. The molecular formula is C20H21NO5S. The molecule has 2 N–H and O–H groups in total. The highest BCUT2D eigenvalue weighted by Gasteiger charge is 2.31. The van der Waals surface area contributed by atoms with Gasteiger partial charge in [0.15, 0.2) is 11.5 Å². The van der Waals surface area contributed by atoms with E-state index in [1.807, 2.05) is 24.3 Å². The van der Waals surface area contributed by atoms with Gasteiger partial charge >= 0.3 is 5.97 Å². The lowest BCUT2D eigenvalue weighted by Gasteiger charge is -2.21. The molecule has 2 atom stereocenters. The third kappa shape index (κ3) is 4.19. The Balaban J connectivity index is 1.84. The fraction of sp³-hybridized carbons (Fsp3) is 0.300. The molecule has 1 heterocycles. The number of ether oxygens (including phenoxy) is 2. The molecule has 0 radical (unpaired) electrons. The number of fused-ring (bicyclic) bond motifs is 1. The van der Waals surface area contributed by atoms with Crippen molar-refractivity contribution in [1.82, 2.24) is 5.32 Å². The molecule has 1 amide bonds. The van der Waals surface area contributed by atoms with Crippen molar-refractivity contribution in [3.63, 3.8) is 0 Å². The van der Waals surface area contributed by atoms with Crippen LogP contribution in [0.1, 0.15) is 29.5 Å². The second-order valence-electron chi connectivity index (χ2n) is 6.17. The average Bonchev–Trinajstić information content (AvgIpc) is 3.10. The number of aliphatic carboxylic acids is 1. The van der Waals surface area contributed by atoms with Crippen LogP contribution >= 0.6 is 11.8 Å². The van der Waals surface area contributed by atoms with Gasteiger partial charge in [-0.15, -0.1) is 11.8 Å². The van der Waals surface area contributed by atoms with E-state index in [1.54, 1.807) is 30.0 Å². The zero-order valence-electron chi connectivity index (χ0n) is 15.1. The molecule has 2 aromatic carbocycles. The van der Waals surface area contributed by atoms with Crippen molar-refractivity contribution in [3.05, 3.63) is 53.6 Å². The summed E-state index contributed by atoms with van der Waals surface area (Å²) in [5, 5.41) is 12.2. The second-order valence-corrected chi connectivity index (χ2v) is 7.24. The van der Waals surface area contributed by atoms with Crippen LogP contribution in [0.2, 0.25) is 0 Å². The van der Waals surface area contributed by atoms with E-state index in [4.69, 9.17) is 9.47 Å². The molecule has 0 spiro atoms. The van der Waals surface area contributed by atoms with Gasteiger partial charge in [0.1, 0.15) is 0 Å². The number of amides is 1. The maximum Gasteiger partial charge on any atom is 0.305 e. The number of carboxylic acid groups (broad SMARTS) is 1. The Morgan fingerprint density at radius 1 is 1.19 bits per heavy atom. The quantitative estimate of drug-likeness (QED) is 0.759. The van der Waals surface area contributed by atoms with E-state index in [1.165, 1.54) is 14.2 Å². The Morgan fingerprint density at radius 3 is 2.63 bits per heavy atom. The van der Waals surface area contributed by atoms with Crippen LogP contribution in [0.15, 0.2) is 47.4 Å². The molecule has 2 unspecified atom stereocenters. The molecule has 142 valence electrons. The van der Waals surface area contributed by atoms with Gasteiger partial charge in [0, 0.05) is 10.6 Å². The van der Waals surface area contributed by atoms with Gasteiger partial charge in [0.25, 0.3) is 0 Å². The minimum atomic E-state index is -0.990. The maximum absolute atomic E-state index is 12.9. The topological polar surface area (TPSA) is 84.9 Å². The van der Waals surface area contributed by atoms with E-state index in [2.05, 4.69) is 5.32 Å². The maximum atomic E-state index is 12.9. The number of rotatable bonds is 7. The molecule has 0 aromatic heterocycles. The van der Waals surface area contributed by atoms with E-state index in [0.29, 0.717) is 22.8 Å². The lowest BCUT2D eigenvalue weighted by molar-refractivity contribution is -0.137. The molecular weight excluding hydrogens is 366 g/mol. The predicted molar refractivity (Wildman–Crippen MR) is 103 cm³/mol. The molecule has 0 aliphatic carbocycles. The van der Waals surface area contributed by atoms with E-state index in [9.17, 15) is 14.7 Å². The molecule has 3 rings (SSSR count). The Morgan fingerprint density at radius 2 is 1.93 bits per heavy atom. The van der Waals surface area contributed by atoms with Crippen LogP contribution < -0.4 is 14.8 Å². The van der Waals surface area contributed by atoms with Gasteiger partial charge < -0.3 is 19.9 Å². The van der Waals surface area contributed by atoms with Crippen molar-refractivity contribution in [1.29, 1.82) is 0 Å². The largest absolute Gasteiger partial charge is 0.493 e. The zero-order valence-corrected chi connectivity index (χ0v) is 15.9. The van der Waals surface area contributed by atoms with Gasteiger partial charge in [-0.3, -0.25) is 9.59 Å². The van der Waals surface area contributed by atoms with Crippen LogP contribution in [0.4, 0.5) is 0 Å². The fourth-order valence-corrected chi connectivity index (χ4v) is 4.38. The number of benzene rings is 2. The van der Waals surface area contributed by atoms with Gasteiger partial charge in [-0.25, -0.2) is 0 Å². The summed E-state index contributed by atoms with van der Waals surface area (Å²) in [5.41, 5.74) is 1.64. The molecule has 2 aromatic rings. The molecule has 0 fully saturated rings. The predicted octanol–water partition coefficient (Wildman–Crippen LogP) is 3.23. The van der Waals surface area contributed by atoms with Gasteiger partial charge in [-0.05, 0) is 29.3 Å². The van der Waals surface area contributed by atoms with Crippen molar-refractivity contribution >= 4 is 23.6 Å². The number of thioether (sulfide) groups is 1.